The Kier molecular flexibility index (Phi) is 4.37. The molecule has 0 spiro atoms. The Labute approximate surface area is 150 Å². The minimum absolute atomic E-state index is 0.182. The van der Waals surface area contributed by atoms with Gasteiger partial charge in [0.15, 0.2) is 5.69 Å². The number of fused-ring (bicyclic) bond motifs is 1. The predicted octanol–water partition coefficient (Wildman–Crippen LogP) is 2.06. The fraction of sp³-hybridized carbons (Fsp3) is 0.211. The van der Waals surface area contributed by atoms with Gasteiger partial charge in [-0.15, -0.1) is 0 Å². The van der Waals surface area contributed by atoms with E-state index in [9.17, 15) is 9.59 Å². The number of amides is 2. The van der Waals surface area contributed by atoms with E-state index in [0.717, 1.165) is 0 Å². The lowest BCUT2D eigenvalue weighted by molar-refractivity contribution is 0.0300. The Morgan fingerprint density at radius 1 is 1.00 bits per heavy atom. The summed E-state index contributed by atoms with van der Waals surface area (Å²) in [7, 11) is 0. The molecule has 0 atom stereocenters. The number of ether oxygens (including phenoxy) is 1. The van der Waals surface area contributed by atoms with Crippen LogP contribution in [0.15, 0.2) is 54.7 Å². The summed E-state index contributed by atoms with van der Waals surface area (Å²) >= 11 is 0. The van der Waals surface area contributed by atoms with Crippen molar-refractivity contribution < 1.29 is 14.3 Å². The number of carbonyl (C=O) groups is 2. The monoisotopic (exact) mass is 350 g/mol. The summed E-state index contributed by atoms with van der Waals surface area (Å²) in [6.07, 6.45) is 1.73. The molecule has 1 aromatic carbocycles. The van der Waals surface area contributed by atoms with Gasteiger partial charge in [0.2, 0.25) is 5.82 Å². The van der Waals surface area contributed by atoms with Crippen LogP contribution in [0.4, 0.5) is 5.69 Å². The molecule has 2 amide bonds. The third-order valence-corrected chi connectivity index (χ3v) is 4.28. The summed E-state index contributed by atoms with van der Waals surface area (Å²) in [5.41, 5.74) is 1.57. The van der Waals surface area contributed by atoms with Crippen LogP contribution in [0.5, 0.6) is 0 Å². The van der Waals surface area contributed by atoms with Crippen LogP contribution in [0.1, 0.15) is 21.1 Å². The van der Waals surface area contributed by atoms with Crippen molar-refractivity contribution in [1.29, 1.82) is 0 Å². The highest BCUT2D eigenvalue weighted by molar-refractivity contribution is 6.06. The van der Waals surface area contributed by atoms with E-state index in [4.69, 9.17) is 4.74 Å². The number of aromatic nitrogens is 2. The number of hydrogen-bond donors (Lipinski definition) is 1. The van der Waals surface area contributed by atoms with E-state index >= 15 is 0 Å². The normalized spacial score (nSPS) is 14.4. The molecule has 1 saturated heterocycles. The Morgan fingerprint density at radius 3 is 2.50 bits per heavy atom. The fourth-order valence-electron chi connectivity index (χ4n) is 2.98. The van der Waals surface area contributed by atoms with Crippen molar-refractivity contribution >= 4 is 23.0 Å². The minimum Gasteiger partial charge on any atom is -0.378 e. The summed E-state index contributed by atoms with van der Waals surface area (Å²) in [4.78, 5) is 31.7. The molecule has 1 aliphatic rings. The van der Waals surface area contributed by atoms with Crippen molar-refractivity contribution in [2.45, 2.75) is 0 Å². The van der Waals surface area contributed by atoms with E-state index in [2.05, 4.69) is 10.3 Å². The molecule has 3 heterocycles. The maximum Gasteiger partial charge on any atom is 0.292 e. The SMILES string of the molecule is O=C(Nc1ccccc1)c1nc(C(=O)N2CCOCC2)c2ccccn12. The van der Waals surface area contributed by atoms with E-state index in [1.165, 1.54) is 0 Å². The van der Waals surface area contributed by atoms with Crippen molar-refractivity contribution in [3.05, 3.63) is 66.2 Å². The lowest BCUT2D eigenvalue weighted by Crippen LogP contribution is -2.40. The number of para-hydroxylation sites is 1. The Morgan fingerprint density at radius 2 is 1.73 bits per heavy atom. The lowest BCUT2D eigenvalue weighted by Gasteiger charge is -2.26. The number of anilines is 1. The number of benzene rings is 1. The number of nitrogens with one attached hydrogen (secondary N) is 1. The molecule has 0 saturated carbocycles. The molecule has 0 unspecified atom stereocenters. The standard InChI is InChI=1S/C19H18N4O3/c24-18(20-14-6-2-1-3-7-14)17-21-16(15-8-4-5-9-23(15)17)19(25)22-10-12-26-13-11-22/h1-9H,10-13H2,(H,20,24). The molecule has 7 heteroatoms. The smallest absolute Gasteiger partial charge is 0.292 e. The third kappa shape index (κ3) is 3.04. The number of hydrogen-bond acceptors (Lipinski definition) is 4. The second-order valence-electron chi connectivity index (χ2n) is 5.96. The van der Waals surface area contributed by atoms with Gasteiger partial charge in [0.25, 0.3) is 11.8 Å². The first-order chi connectivity index (χ1) is 12.7. The van der Waals surface area contributed by atoms with Crippen molar-refractivity contribution in [1.82, 2.24) is 14.3 Å². The van der Waals surface area contributed by atoms with Crippen molar-refractivity contribution in [3.63, 3.8) is 0 Å². The van der Waals surface area contributed by atoms with E-state index in [-0.39, 0.29) is 23.3 Å². The molecule has 0 aliphatic carbocycles. The van der Waals surface area contributed by atoms with Crippen LogP contribution in [0.3, 0.4) is 0 Å². The van der Waals surface area contributed by atoms with Gasteiger partial charge in [0, 0.05) is 25.0 Å². The fourth-order valence-corrected chi connectivity index (χ4v) is 2.98. The first-order valence-corrected chi connectivity index (χ1v) is 8.44. The zero-order chi connectivity index (χ0) is 17.9. The van der Waals surface area contributed by atoms with Crippen LogP contribution in [-0.4, -0.2) is 52.4 Å². The van der Waals surface area contributed by atoms with Gasteiger partial charge in [-0.2, -0.15) is 0 Å². The summed E-state index contributed by atoms with van der Waals surface area (Å²) in [6, 6.07) is 14.6. The molecule has 0 bridgehead atoms. The Hall–Kier alpha value is -3.19. The van der Waals surface area contributed by atoms with Gasteiger partial charge in [-0.05, 0) is 24.3 Å². The van der Waals surface area contributed by atoms with Gasteiger partial charge in [-0.25, -0.2) is 4.98 Å². The number of nitrogens with zero attached hydrogens (tertiary/aromatic N) is 3. The molecule has 2 aromatic heterocycles. The molecular formula is C19H18N4O3. The second-order valence-corrected chi connectivity index (χ2v) is 5.96. The molecule has 132 valence electrons. The van der Waals surface area contributed by atoms with Crippen LogP contribution < -0.4 is 5.32 Å². The molecule has 1 aliphatic heterocycles. The highest BCUT2D eigenvalue weighted by Crippen LogP contribution is 2.17. The average molecular weight is 350 g/mol. The highest BCUT2D eigenvalue weighted by atomic mass is 16.5. The Bertz CT molecular complexity index is 946. The first kappa shape index (κ1) is 16.3. The lowest BCUT2D eigenvalue weighted by atomic mass is 10.3. The van der Waals surface area contributed by atoms with Gasteiger partial charge < -0.3 is 15.0 Å². The van der Waals surface area contributed by atoms with Gasteiger partial charge in [0.1, 0.15) is 0 Å². The molecule has 26 heavy (non-hydrogen) atoms. The highest BCUT2D eigenvalue weighted by Gasteiger charge is 2.26. The van der Waals surface area contributed by atoms with E-state index < -0.39 is 0 Å². The average Bonchev–Trinajstić information content (AvgIpc) is 3.09. The van der Waals surface area contributed by atoms with E-state index in [0.29, 0.717) is 37.5 Å². The van der Waals surface area contributed by atoms with Crippen LogP contribution in [0.2, 0.25) is 0 Å². The molecule has 1 N–H and O–H groups in total. The van der Waals surface area contributed by atoms with Gasteiger partial charge >= 0.3 is 0 Å². The van der Waals surface area contributed by atoms with Crippen molar-refractivity contribution in [3.8, 4) is 0 Å². The zero-order valence-electron chi connectivity index (χ0n) is 14.1. The van der Waals surface area contributed by atoms with E-state index in [1.807, 2.05) is 24.3 Å². The topological polar surface area (TPSA) is 75.9 Å². The molecule has 3 aromatic rings. The quantitative estimate of drug-likeness (QED) is 0.784. The molecule has 7 nitrogen and oxygen atoms in total. The van der Waals surface area contributed by atoms with Crippen LogP contribution in [0.25, 0.3) is 5.52 Å². The van der Waals surface area contributed by atoms with E-state index in [1.54, 1.807) is 39.8 Å². The molecule has 0 radical (unpaired) electrons. The van der Waals surface area contributed by atoms with Crippen molar-refractivity contribution in [2.75, 3.05) is 31.6 Å². The summed E-state index contributed by atoms with van der Waals surface area (Å²) in [5.74, 6) is -0.366. The van der Waals surface area contributed by atoms with Crippen LogP contribution >= 0.6 is 0 Å². The largest absolute Gasteiger partial charge is 0.378 e. The maximum absolute atomic E-state index is 12.9. The van der Waals surface area contributed by atoms with Crippen LogP contribution in [0, 0.1) is 0 Å². The number of morpholine rings is 1. The summed E-state index contributed by atoms with van der Waals surface area (Å²) < 4.78 is 6.94. The number of carbonyl (C=O) groups excluding carboxylic acids is 2. The second kappa shape index (κ2) is 6.97. The molecule has 4 rings (SSSR count). The number of rotatable bonds is 3. The minimum atomic E-state index is -0.363. The molecule has 1 fully saturated rings. The maximum atomic E-state index is 12.9. The first-order valence-electron chi connectivity index (χ1n) is 8.44. The zero-order valence-corrected chi connectivity index (χ0v) is 14.1. The Balaban J connectivity index is 1.69. The number of pyridine rings is 1. The van der Waals surface area contributed by atoms with Crippen molar-refractivity contribution in [2.24, 2.45) is 0 Å². The molecular weight excluding hydrogens is 332 g/mol. The summed E-state index contributed by atoms with van der Waals surface area (Å²) in [5, 5.41) is 2.81. The van der Waals surface area contributed by atoms with Gasteiger partial charge in [-0.1, -0.05) is 24.3 Å². The van der Waals surface area contributed by atoms with Gasteiger partial charge in [-0.3, -0.25) is 14.0 Å². The van der Waals surface area contributed by atoms with Gasteiger partial charge in [0.05, 0.1) is 18.7 Å². The summed E-state index contributed by atoms with van der Waals surface area (Å²) in [6.45, 7) is 2.07. The predicted molar refractivity (Wildman–Crippen MR) is 96.3 cm³/mol. The third-order valence-electron chi connectivity index (χ3n) is 4.28. The number of imidazole rings is 1. The van der Waals surface area contributed by atoms with Crippen LogP contribution in [-0.2, 0) is 4.74 Å².